The highest BCUT2D eigenvalue weighted by atomic mass is 16.5. The molecule has 0 aliphatic carbocycles. The summed E-state index contributed by atoms with van der Waals surface area (Å²) in [6.45, 7) is 3.05. The van der Waals surface area contributed by atoms with Crippen molar-refractivity contribution in [1.82, 2.24) is 15.4 Å². The van der Waals surface area contributed by atoms with E-state index in [0.717, 1.165) is 24.4 Å². The minimum absolute atomic E-state index is 0.0800. The Morgan fingerprint density at radius 3 is 2.56 bits per heavy atom. The highest BCUT2D eigenvalue weighted by molar-refractivity contribution is 6.39. The van der Waals surface area contributed by atoms with Crippen molar-refractivity contribution in [2.75, 3.05) is 45.3 Å². The van der Waals surface area contributed by atoms with Crippen molar-refractivity contribution in [2.24, 2.45) is 0 Å². The summed E-state index contributed by atoms with van der Waals surface area (Å²) in [5.41, 5.74) is 1.02. The Balaban J connectivity index is 1.65. The van der Waals surface area contributed by atoms with E-state index in [2.05, 4.69) is 25.2 Å². The van der Waals surface area contributed by atoms with Gasteiger partial charge in [0.25, 0.3) is 0 Å². The predicted octanol–water partition coefficient (Wildman–Crippen LogP) is 0.811. The zero-order valence-electron chi connectivity index (χ0n) is 15.0. The molecule has 2 N–H and O–H groups in total. The maximum atomic E-state index is 12.1. The van der Waals surface area contributed by atoms with Crippen molar-refractivity contribution >= 4 is 17.6 Å². The van der Waals surface area contributed by atoms with Gasteiger partial charge in [0, 0.05) is 25.7 Å². The summed E-state index contributed by atoms with van der Waals surface area (Å²) in [6, 6.07) is 9.05. The van der Waals surface area contributed by atoms with Crippen LogP contribution in [0.5, 0.6) is 5.75 Å². The average molecular weight is 374 g/mol. The lowest BCUT2D eigenvalue weighted by molar-refractivity contribution is -0.136. The molecule has 1 fully saturated rings. The number of hydrogen-bond donors (Lipinski definition) is 2. The second-order valence-electron chi connectivity index (χ2n) is 5.99. The van der Waals surface area contributed by atoms with Crippen LogP contribution in [-0.4, -0.2) is 61.8 Å². The summed E-state index contributed by atoms with van der Waals surface area (Å²) in [6.07, 6.45) is 1.31. The van der Waals surface area contributed by atoms with Crippen LogP contribution in [0.2, 0.25) is 0 Å². The predicted molar refractivity (Wildman–Crippen MR) is 96.3 cm³/mol. The molecule has 27 heavy (non-hydrogen) atoms. The molecule has 0 radical (unpaired) electrons. The number of nitrogens with one attached hydrogen (secondary N) is 2. The van der Waals surface area contributed by atoms with Gasteiger partial charge in [-0.1, -0.05) is 17.3 Å². The first-order valence-electron chi connectivity index (χ1n) is 8.62. The molecule has 9 nitrogen and oxygen atoms in total. The second kappa shape index (κ2) is 9.15. The molecule has 1 atom stereocenters. The number of nitrogens with zero attached hydrogens (tertiary/aromatic N) is 2. The number of carbonyl (C=O) groups is 2. The quantitative estimate of drug-likeness (QED) is 0.721. The lowest BCUT2D eigenvalue weighted by atomic mass is 10.0. The van der Waals surface area contributed by atoms with E-state index >= 15 is 0 Å². The molecule has 1 aromatic carbocycles. The fourth-order valence-corrected chi connectivity index (χ4v) is 2.89. The third-order valence-electron chi connectivity index (χ3n) is 4.33. The van der Waals surface area contributed by atoms with Gasteiger partial charge in [-0.25, -0.2) is 0 Å². The smallest absolute Gasteiger partial charge is 0.314 e. The average Bonchev–Trinajstić information content (AvgIpc) is 3.22. The Hall–Kier alpha value is -2.91. The van der Waals surface area contributed by atoms with Gasteiger partial charge in [0.15, 0.2) is 5.82 Å². The molecule has 1 saturated heterocycles. The molecule has 0 saturated carbocycles. The molecular formula is C18H22N4O5. The highest BCUT2D eigenvalue weighted by Crippen LogP contribution is 2.23. The molecule has 2 amide bonds. The van der Waals surface area contributed by atoms with Crippen LogP contribution in [0.4, 0.5) is 5.82 Å². The van der Waals surface area contributed by atoms with E-state index in [4.69, 9.17) is 9.47 Å². The van der Waals surface area contributed by atoms with Crippen LogP contribution < -0.4 is 15.4 Å². The van der Waals surface area contributed by atoms with E-state index < -0.39 is 11.8 Å². The first kappa shape index (κ1) is 18.9. The summed E-state index contributed by atoms with van der Waals surface area (Å²) in [5, 5.41) is 8.62. The van der Waals surface area contributed by atoms with Crippen LogP contribution in [0.15, 0.2) is 41.1 Å². The molecule has 0 bridgehead atoms. The molecular weight excluding hydrogens is 352 g/mol. The van der Waals surface area contributed by atoms with Crippen molar-refractivity contribution in [3.8, 4) is 5.75 Å². The Kier molecular flexibility index (Phi) is 6.39. The standard InChI is InChI=1S/C18H22N4O5/c1-25-14-4-2-13(3-5-14)15(22-7-10-26-11-8-22)12-19-17(23)18(24)20-16-6-9-27-21-16/h2-6,9,15H,7-8,10-12H2,1H3,(H,19,23)(H,20,21,24). The van der Waals surface area contributed by atoms with Crippen LogP contribution in [0.1, 0.15) is 11.6 Å². The number of hydrogen-bond acceptors (Lipinski definition) is 7. The number of amides is 2. The molecule has 0 spiro atoms. The molecule has 3 rings (SSSR count). The minimum atomic E-state index is -0.792. The van der Waals surface area contributed by atoms with Crippen LogP contribution in [0.3, 0.4) is 0 Å². The van der Waals surface area contributed by atoms with Gasteiger partial charge >= 0.3 is 11.8 Å². The zero-order valence-corrected chi connectivity index (χ0v) is 15.0. The summed E-state index contributed by atoms with van der Waals surface area (Å²) >= 11 is 0. The van der Waals surface area contributed by atoms with Gasteiger partial charge in [-0.05, 0) is 17.7 Å². The molecule has 1 aliphatic heterocycles. The summed E-state index contributed by atoms with van der Waals surface area (Å²) < 4.78 is 15.2. The number of aromatic nitrogens is 1. The zero-order chi connectivity index (χ0) is 19.1. The van der Waals surface area contributed by atoms with Crippen molar-refractivity contribution in [1.29, 1.82) is 0 Å². The Labute approximate surface area is 156 Å². The molecule has 1 aliphatic rings. The molecule has 2 heterocycles. The number of anilines is 1. The Bertz CT molecular complexity index is 742. The van der Waals surface area contributed by atoms with Crippen LogP contribution >= 0.6 is 0 Å². The maximum Gasteiger partial charge on any atom is 0.314 e. The molecule has 144 valence electrons. The number of benzene rings is 1. The SMILES string of the molecule is COc1ccc(C(CNC(=O)C(=O)Nc2ccon2)N2CCOCC2)cc1. The number of methoxy groups -OCH3 is 1. The van der Waals surface area contributed by atoms with Gasteiger partial charge in [-0.15, -0.1) is 0 Å². The number of ether oxygens (including phenoxy) is 2. The van der Waals surface area contributed by atoms with Gasteiger partial charge in [-0.2, -0.15) is 0 Å². The summed E-state index contributed by atoms with van der Waals surface area (Å²) in [7, 11) is 1.61. The first-order chi connectivity index (χ1) is 13.2. The van der Waals surface area contributed by atoms with Gasteiger partial charge in [0.2, 0.25) is 0 Å². The number of rotatable bonds is 6. The topological polar surface area (TPSA) is 106 Å². The third-order valence-corrected chi connectivity index (χ3v) is 4.33. The van der Waals surface area contributed by atoms with E-state index in [-0.39, 0.29) is 18.4 Å². The van der Waals surface area contributed by atoms with Crippen LogP contribution in [0.25, 0.3) is 0 Å². The number of carbonyl (C=O) groups excluding carboxylic acids is 2. The van der Waals surface area contributed by atoms with E-state index in [1.54, 1.807) is 7.11 Å². The number of morpholine rings is 1. The molecule has 1 aromatic heterocycles. The maximum absolute atomic E-state index is 12.1. The van der Waals surface area contributed by atoms with Gasteiger partial charge in [0.05, 0.1) is 26.4 Å². The monoisotopic (exact) mass is 374 g/mol. The minimum Gasteiger partial charge on any atom is -0.497 e. The lowest BCUT2D eigenvalue weighted by Gasteiger charge is -2.34. The van der Waals surface area contributed by atoms with Crippen molar-refractivity contribution in [3.05, 3.63) is 42.2 Å². The Morgan fingerprint density at radius 2 is 1.93 bits per heavy atom. The highest BCUT2D eigenvalue weighted by Gasteiger charge is 2.24. The van der Waals surface area contributed by atoms with Crippen molar-refractivity contribution in [2.45, 2.75) is 6.04 Å². The largest absolute Gasteiger partial charge is 0.497 e. The van der Waals surface area contributed by atoms with Crippen molar-refractivity contribution < 1.29 is 23.6 Å². The van der Waals surface area contributed by atoms with E-state index in [1.807, 2.05) is 24.3 Å². The summed E-state index contributed by atoms with van der Waals surface area (Å²) in [4.78, 5) is 26.3. The van der Waals surface area contributed by atoms with Gasteiger partial charge in [0.1, 0.15) is 12.0 Å². The van der Waals surface area contributed by atoms with E-state index in [0.29, 0.717) is 13.2 Å². The summed E-state index contributed by atoms with van der Waals surface area (Å²) in [5.74, 6) is -0.574. The fourth-order valence-electron chi connectivity index (χ4n) is 2.89. The van der Waals surface area contributed by atoms with E-state index in [9.17, 15) is 9.59 Å². The van der Waals surface area contributed by atoms with Gasteiger partial charge < -0.3 is 19.3 Å². The third kappa shape index (κ3) is 5.05. The molecule has 2 aromatic rings. The van der Waals surface area contributed by atoms with Crippen LogP contribution in [-0.2, 0) is 14.3 Å². The van der Waals surface area contributed by atoms with Crippen molar-refractivity contribution in [3.63, 3.8) is 0 Å². The fraction of sp³-hybridized carbons (Fsp3) is 0.389. The molecule has 9 heteroatoms. The lowest BCUT2D eigenvalue weighted by Crippen LogP contribution is -2.45. The second-order valence-corrected chi connectivity index (χ2v) is 5.99. The van der Waals surface area contributed by atoms with Gasteiger partial charge in [-0.3, -0.25) is 19.8 Å². The first-order valence-corrected chi connectivity index (χ1v) is 8.62. The Morgan fingerprint density at radius 1 is 1.19 bits per heavy atom. The molecule has 1 unspecified atom stereocenters. The van der Waals surface area contributed by atoms with E-state index in [1.165, 1.54) is 12.3 Å². The normalized spacial score (nSPS) is 15.7. The van der Waals surface area contributed by atoms with Crippen LogP contribution in [0, 0.1) is 0 Å².